The maximum absolute atomic E-state index is 14.0. The minimum Gasteiger partial charge on any atom is -0.508 e. The van der Waals surface area contributed by atoms with Gasteiger partial charge >= 0.3 is 0 Å². The average molecular weight is 276 g/mol. The van der Waals surface area contributed by atoms with E-state index in [9.17, 15) is 14.3 Å². The lowest BCUT2D eigenvalue weighted by atomic mass is 10.0. The van der Waals surface area contributed by atoms with Gasteiger partial charge in [-0.2, -0.15) is 0 Å². The molecule has 2 aromatic carbocycles. The summed E-state index contributed by atoms with van der Waals surface area (Å²) in [5, 5.41) is 9.26. The van der Waals surface area contributed by atoms with Crippen molar-refractivity contribution in [2.24, 2.45) is 0 Å². The predicted octanol–water partition coefficient (Wildman–Crippen LogP) is 3.03. The molecule has 0 aromatic heterocycles. The molecule has 0 fully saturated rings. The monoisotopic (exact) mass is 276 g/mol. The normalized spacial score (nSPS) is 10.2. The highest BCUT2D eigenvalue weighted by Gasteiger charge is 2.17. The number of rotatable bonds is 4. The van der Waals surface area contributed by atoms with E-state index in [0.29, 0.717) is 28.9 Å². The Bertz CT molecular complexity index is 653. The Kier molecular flexibility index (Phi) is 3.89. The molecule has 0 aliphatic heterocycles. The summed E-state index contributed by atoms with van der Waals surface area (Å²) in [4.78, 5) is 11.0. The summed E-state index contributed by atoms with van der Waals surface area (Å²) >= 11 is 0. The van der Waals surface area contributed by atoms with E-state index >= 15 is 0 Å². The van der Waals surface area contributed by atoms with Crippen LogP contribution in [0.5, 0.6) is 17.2 Å². The number of carbonyl (C=O) groups is 1. The standard InChI is InChI=1S/C15H13FO4/c1-19-14-6-9(8-17)5-12(15(14)20-2)11-4-3-10(18)7-13(11)16/h3-8,18H,1-2H3. The van der Waals surface area contributed by atoms with Crippen LogP contribution in [0.25, 0.3) is 11.1 Å². The highest BCUT2D eigenvalue weighted by molar-refractivity contribution is 5.84. The second-order valence-electron chi connectivity index (χ2n) is 4.09. The fourth-order valence-corrected chi connectivity index (χ4v) is 1.98. The summed E-state index contributed by atoms with van der Waals surface area (Å²) in [6.07, 6.45) is 0.643. The van der Waals surface area contributed by atoms with Crippen molar-refractivity contribution < 1.29 is 23.8 Å². The molecule has 0 radical (unpaired) electrons. The van der Waals surface area contributed by atoms with Gasteiger partial charge in [-0.15, -0.1) is 0 Å². The fraction of sp³-hybridized carbons (Fsp3) is 0.133. The first-order chi connectivity index (χ1) is 9.60. The Hall–Kier alpha value is -2.56. The second kappa shape index (κ2) is 5.61. The Balaban J connectivity index is 2.73. The number of phenolic OH excluding ortho intramolecular Hbond substituents is 1. The van der Waals surface area contributed by atoms with Gasteiger partial charge in [-0.25, -0.2) is 4.39 Å². The van der Waals surface area contributed by atoms with E-state index in [1.165, 1.54) is 38.5 Å². The van der Waals surface area contributed by atoms with E-state index in [1.54, 1.807) is 0 Å². The molecule has 20 heavy (non-hydrogen) atoms. The van der Waals surface area contributed by atoms with Crippen LogP contribution in [0.1, 0.15) is 10.4 Å². The molecule has 2 rings (SSSR count). The van der Waals surface area contributed by atoms with Crippen LogP contribution in [0.3, 0.4) is 0 Å². The largest absolute Gasteiger partial charge is 0.508 e. The molecule has 0 atom stereocenters. The number of aromatic hydroxyl groups is 1. The lowest BCUT2D eigenvalue weighted by molar-refractivity contribution is 0.112. The number of hydrogen-bond donors (Lipinski definition) is 1. The van der Waals surface area contributed by atoms with E-state index in [4.69, 9.17) is 9.47 Å². The maximum Gasteiger partial charge on any atom is 0.168 e. The van der Waals surface area contributed by atoms with E-state index < -0.39 is 5.82 Å². The number of carbonyl (C=O) groups excluding carboxylic acids is 1. The molecule has 4 nitrogen and oxygen atoms in total. The third-order valence-electron chi connectivity index (χ3n) is 2.88. The fourth-order valence-electron chi connectivity index (χ4n) is 1.98. The summed E-state index contributed by atoms with van der Waals surface area (Å²) in [5.41, 5.74) is 0.929. The van der Waals surface area contributed by atoms with Crippen LogP contribution in [-0.4, -0.2) is 25.6 Å². The SMILES string of the molecule is COc1cc(C=O)cc(-c2ccc(O)cc2F)c1OC. The minimum absolute atomic E-state index is 0.177. The van der Waals surface area contributed by atoms with Crippen LogP contribution in [0.15, 0.2) is 30.3 Å². The topological polar surface area (TPSA) is 55.8 Å². The van der Waals surface area contributed by atoms with Crippen molar-refractivity contribution >= 4 is 6.29 Å². The van der Waals surface area contributed by atoms with Crippen LogP contribution in [0.2, 0.25) is 0 Å². The zero-order chi connectivity index (χ0) is 14.7. The van der Waals surface area contributed by atoms with Gasteiger partial charge in [-0.1, -0.05) is 0 Å². The Morgan fingerprint density at radius 3 is 2.40 bits per heavy atom. The van der Waals surface area contributed by atoms with Crippen molar-refractivity contribution in [3.63, 3.8) is 0 Å². The molecule has 0 unspecified atom stereocenters. The molecular formula is C15H13FO4. The number of methoxy groups -OCH3 is 2. The van der Waals surface area contributed by atoms with Crippen LogP contribution < -0.4 is 9.47 Å². The van der Waals surface area contributed by atoms with Crippen molar-refractivity contribution in [3.05, 3.63) is 41.7 Å². The van der Waals surface area contributed by atoms with Gasteiger partial charge in [0.15, 0.2) is 11.5 Å². The molecule has 0 amide bonds. The molecule has 0 aliphatic rings. The molecule has 0 spiro atoms. The van der Waals surface area contributed by atoms with Crippen molar-refractivity contribution in [2.45, 2.75) is 0 Å². The van der Waals surface area contributed by atoms with E-state index in [2.05, 4.69) is 0 Å². The zero-order valence-corrected chi connectivity index (χ0v) is 11.0. The Morgan fingerprint density at radius 2 is 1.85 bits per heavy atom. The van der Waals surface area contributed by atoms with Crippen LogP contribution in [-0.2, 0) is 0 Å². The second-order valence-corrected chi connectivity index (χ2v) is 4.09. The molecule has 1 N–H and O–H groups in total. The number of benzene rings is 2. The number of ether oxygens (including phenoxy) is 2. The predicted molar refractivity (Wildman–Crippen MR) is 72.0 cm³/mol. The zero-order valence-electron chi connectivity index (χ0n) is 11.0. The number of aldehydes is 1. The van der Waals surface area contributed by atoms with Crippen molar-refractivity contribution in [2.75, 3.05) is 14.2 Å². The first kappa shape index (κ1) is 13.9. The molecule has 0 aliphatic carbocycles. The summed E-state index contributed by atoms with van der Waals surface area (Å²) in [5.74, 6) is -0.139. The third-order valence-corrected chi connectivity index (χ3v) is 2.88. The van der Waals surface area contributed by atoms with Gasteiger partial charge in [0.05, 0.1) is 14.2 Å². The molecule has 0 saturated carbocycles. The van der Waals surface area contributed by atoms with E-state index in [-0.39, 0.29) is 11.3 Å². The van der Waals surface area contributed by atoms with E-state index in [0.717, 1.165) is 6.07 Å². The number of phenols is 1. The summed E-state index contributed by atoms with van der Waals surface area (Å²) in [6.45, 7) is 0. The Morgan fingerprint density at radius 1 is 1.10 bits per heavy atom. The van der Waals surface area contributed by atoms with E-state index in [1.807, 2.05) is 0 Å². The smallest absolute Gasteiger partial charge is 0.168 e. The number of hydrogen-bond acceptors (Lipinski definition) is 4. The molecular weight excluding hydrogens is 263 g/mol. The minimum atomic E-state index is -0.617. The lowest BCUT2D eigenvalue weighted by Gasteiger charge is -2.14. The van der Waals surface area contributed by atoms with Crippen LogP contribution in [0, 0.1) is 5.82 Å². The Labute approximate surface area is 115 Å². The molecule has 0 saturated heterocycles. The third kappa shape index (κ3) is 2.42. The van der Waals surface area contributed by atoms with Crippen molar-refractivity contribution in [1.82, 2.24) is 0 Å². The van der Waals surface area contributed by atoms with Crippen molar-refractivity contribution in [1.29, 1.82) is 0 Å². The van der Waals surface area contributed by atoms with Gasteiger partial charge in [0.25, 0.3) is 0 Å². The molecule has 2 aromatic rings. The number of halogens is 1. The van der Waals surface area contributed by atoms with Crippen LogP contribution >= 0.6 is 0 Å². The molecule has 0 bridgehead atoms. The van der Waals surface area contributed by atoms with Crippen LogP contribution in [0.4, 0.5) is 4.39 Å². The van der Waals surface area contributed by atoms with Gasteiger partial charge < -0.3 is 14.6 Å². The first-order valence-corrected chi connectivity index (χ1v) is 5.80. The maximum atomic E-state index is 14.0. The molecule has 104 valence electrons. The van der Waals surface area contributed by atoms with Gasteiger partial charge in [-0.05, 0) is 24.3 Å². The highest BCUT2D eigenvalue weighted by atomic mass is 19.1. The summed E-state index contributed by atoms with van der Waals surface area (Å²) < 4.78 is 24.4. The van der Waals surface area contributed by atoms with Gasteiger partial charge in [0.1, 0.15) is 17.9 Å². The summed E-state index contributed by atoms with van der Waals surface area (Å²) in [7, 11) is 2.86. The first-order valence-electron chi connectivity index (χ1n) is 5.80. The van der Waals surface area contributed by atoms with Gasteiger partial charge in [0, 0.05) is 22.8 Å². The molecule has 5 heteroatoms. The quantitative estimate of drug-likeness (QED) is 0.872. The highest BCUT2D eigenvalue weighted by Crippen LogP contribution is 2.40. The summed E-state index contributed by atoms with van der Waals surface area (Å²) in [6, 6.07) is 6.78. The molecule has 0 heterocycles. The van der Waals surface area contributed by atoms with Gasteiger partial charge in [0.2, 0.25) is 0 Å². The van der Waals surface area contributed by atoms with Gasteiger partial charge in [-0.3, -0.25) is 4.79 Å². The lowest BCUT2D eigenvalue weighted by Crippen LogP contribution is -1.97. The van der Waals surface area contributed by atoms with Crippen molar-refractivity contribution in [3.8, 4) is 28.4 Å². The average Bonchev–Trinajstić information content (AvgIpc) is 2.45.